The molecule has 5 nitrogen and oxygen atoms in total. The van der Waals surface area contributed by atoms with Crippen molar-refractivity contribution in [1.29, 1.82) is 0 Å². The highest BCUT2D eigenvalue weighted by Crippen LogP contribution is 2.29. The minimum atomic E-state index is -0.187. The maximum absolute atomic E-state index is 12.7. The summed E-state index contributed by atoms with van der Waals surface area (Å²) < 4.78 is 5.66. The number of hydrogen-bond acceptors (Lipinski definition) is 4. The summed E-state index contributed by atoms with van der Waals surface area (Å²) in [7, 11) is 0. The second-order valence-corrected chi connectivity index (χ2v) is 6.10. The summed E-state index contributed by atoms with van der Waals surface area (Å²) in [5, 5.41) is 2.98. The van der Waals surface area contributed by atoms with Crippen LogP contribution in [0.4, 0.5) is 17.1 Å². The molecule has 2 aromatic carbocycles. The predicted octanol–water partition coefficient (Wildman–Crippen LogP) is 4.15. The van der Waals surface area contributed by atoms with Gasteiger partial charge in [0.1, 0.15) is 5.75 Å². The van der Waals surface area contributed by atoms with Gasteiger partial charge in [0, 0.05) is 24.3 Å². The first-order valence-corrected chi connectivity index (χ1v) is 8.67. The van der Waals surface area contributed by atoms with Crippen molar-refractivity contribution in [3.8, 4) is 5.75 Å². The molecule has 0 bridgehead atoms. The van der Waals surface area contributed by atoms with Crippen molar-refractivity contribution in [2.45, 2.75) is 33.8 Å². The maximum Gasteiger partial charge on any atom is 0.255 e. The van der Waals surface area contributed by atoms with Gasteiger partial charge < -0.3 is 20.7 Å². The number of ether oxygens (including phenoxy) is 1. The van der Waals surface area contributed by atoms with Crippen molar-refractivity contribution < 1.29 is 9.53 Å². The SMILES string of the molecule is CCN(CC)c1ccc(N)cc1NC(=O)c1cccc(OC(C)C)c1. The van der Waals surface area contributed by atoms with Crippen molar-refractivity contribution in [1.82, 2.24) is 0 Å². The van der Waals surface area contributed by atoms with Gasteiger partial charge in [-0.15, -0.1) is 0 Å². The van der Waals surface area contributed by atoms with E-state index in [9.17, 15) is 4.79 Å². The molecule has 0 saturated heterocycles. The van der Waals surface area contributed by atoms with Crippen molar-refractivity contribution in [2.24, 2.45) is 0 Å². The first-order valence-electron chi connectivity index (χ1n) is 8.67. The van der Waals surface area contributed by atoms with Crippen LogP contribution in [0.25, 0.3) is 0 Å². The Labute approximate surface area is 149 Å². The summed E-state index contributed by atoms with van der Waals surface area (Å²) in [4.78, 5) is 14.9. The van der Waals surface area contributed by atoms with Gasteiger partial charge in [0.25, 0.3) is 5.91 Å². The van der Waals surface area contributed by atoms with E-state index in [1.165, 1.54) is 0 Å². The Bertz CT molecular complexity index is 725. The molecule has 0 unspecified atom stereocenters. The Balaban J connectivity index is 2.27. The Morgan fingerprint density at radius 1 is 1.16 bits per heavy atom. The first-order chi connectivity index (χ1) is 11.9. The van der Waals surface area contributed by atoms with E-state index in [1.807, 2.05) is 38.1 Å². The molecular weight excluding hydrogens is 314 g/mol. The number of carbonyl (C=O) groups is 1. The highest BCUT2D eigenvalue weighted by molar-refractivity contribution is 6.06. The Kier molecular flexibility index (Phi) is 6.28. The lowest BCUT2D eigenvalue weighted by molar-refractivity contribution is 0.102. The molecule has 134 valence electrons. The van der Waals surface area contributed by atoms with Crippen LogP contribution in [0.1, 0.15) is 38.1 Å². The van der Waals surface area contributed by atoms with E-state index in [-0.39, 0.29) is 12.0 Å². The monoisotopic (exact) mass is 341 g/mol. The van der Waals surface area contributed by atoms with E-state index in [0.29, 0.717) is 22.7 Å². The van der Waals surface area contributed by atoms with Crippen LogP contribution in [0.15, 0.2) is 42.5 Å². The van der Waals surface area contributed by atoms with Crippen LogP contribution in [0.3, 0.4) is 0 Å². The largest absolute Gasteiger partial charge is 0.491 e. The number of anilines is 3. The van der Waals surface area contributed by atoms with Gasteiger partial charge in [0.15, 0.2) is 0 Å². The third kappa shape index (κ3) is 4.89. The molecule has 25 heavy (non-hydrogen) atoms. The predicted molar refractivity (Wildman–Crippen MR) is 105 cm³/mol. The number of nitrogen functional groups attached to an aromatic ring is 1. The molecule has 0 fully saturated rings. The van der Waals surface area contributed by atoms with E-state index in [2.05, 4.69) is 24.1 Å². The summed E-state index contributed by atoms with van der Waals surface area (Å²) in [6.45, 7) is 9.77. The van der Waals surface area contributed by atoms with Gasteiger partial charge in [-0.05, 0) is 64.1 Å². The third-order valence-corrected chi connectivity index (χ3v) is 3.84. The van der Waals surface area contributed by atoms with Crippen LogP contribution in [-0.4, -0.2) is 25.1 Å². The summed E-state index contributed by atoms with van der Waals surface area (Å²) in [6.07, 6.45) is 0.0569. The molecule has 1 amide bonds. The second-order valence-electron chi connectivity index (χ2n) is 6.10. The maximum atomic E-state index is 12.7. The molecule has 0 atom stereocenters. The Morgan fingerprint density at radius 3 is 2.52 bits per heavy atom. The fraction of sp³-hybridized carbons (Fsp3) is 0.350. The quantitative estimate of drug-likeness (QED) is 0.742. The number of nitrogens with one attached hydrogen (secondary N) is 1. The summed E-state index contributed by atoms with van der Waals surface area (Å²) in [5.74, 6) is 0.493. The fourth-order valence-electron chi connectivity index (χ4n) is 2.67. The van der Waals surface area contributed by atoms with Gasteiger partial charge in [-0.25, -0.2) is 0 Å². The van der Waals surface area contributed by atoms with Crippen molar-refractivity contribution in [3.63, 3.8) is 0 Å². The molecule has 0 spiro atoms. The second kappa shape index (κ2) is 8.42. The Hall–Kier alpha value is -2.69. The van der Waals surface area contributed by atoms with Gasteiger partial charge in [-0.3, -0.25) is 4.79 Å². The van der Waals surface area contributed by atoms with E-state index < -0.39 is 0 Å². The number of nitrogens with zero attached hydrogens (tertiary/aromatic N) is 1. The molecule has 3 N–H and O–H groups in total. The number of amides is 1. The minimum absolute atomic E-state index is 0.0569. The molecule has 2 rings (SSSR count). The standard InChI is InChI=1S/C20H27N3O2/c1-5-23(6-2)19-11-10-16(21)13-18(19)22-20(24)15-8-7-9-17(12-15)25-14(3)4/h7-14H,5-6,21H2,1-4H3,(H,22,24). The van der Waals surface area contributed by atoms with E-state index in [1.54, 1.807) is 18.2 Å². The smallest absolute Gasteiger partial charge is 0.255 e. The summed E-state index contributed by atoms with van der Waals surface area (Å²) in [6, 6.07) is 12.8. The summed E-state index contributed by atoms with van der Waals surface area (Å²) >= 11 is 0. The molecule has 0 aliphatic rings. The van der Waals surface area contributed by atoms with Crippen molar-refractivity contribution >= 4 is 23.0 Å². The zero-order valence-electron chi connectivity index (χ0n) is 15.4. The van der Waals surface area contributed by atoms with E-state index >= 15 is 0 Å². The van der Waals surface area contributed by atoms with Gasteiger partial charge in [0.05, 0.1) is 17.5 Å². The third-order valence-electron chi connectivity index (χ3n) is 3.84. The lowest BCUT2D eigenvalue weighted by Crippen LogP contribution is -2.24. The van der Waals surface area contributed by atoms with Crippen LogP contribution in [-0.2, 0) is 0 Å². The van der Waals surface area contributed by atoms with Crippen LogP contribution in [0.5, 0.6) is 5.75 Å². The molecule has 0 heterocycles. The van der Waals surface area contributed by atoms with Crippen LogP contribution < -0.4 is 20.7 Å². The van der Waals surface area contributed by atoms with Gasteiger partial charge in [0.2, 0.25) is 0 Å². The van der Waals surface area contributed by atoms with Gasteiger partial charge >= 0.3 is 0 Å². The highest BCUT2D eigenvalue weighted by Gasteiger charge is 2.13. The zero-order valence-corrected chi connectivity index (χ0v) is 15.4. The number of carbonyl (C=O) groups excluding carboxylic acids is 1. The average molecular weight is 341 g/mol. The summed E-state index contributed by atoms with van der Waals surface area (Å²) in [5.41, 5.74) is 8.75. The van der Waals surface area contributed by atoms with Gasteiger partial charge in [-0.2, -0.15) is 0 Å². The molecular formula is C20H27N3O2. The molecule has 0 saturated carbocycles. The topological polar surface area (TPSA) is 67.6 Å². The van der Waals surface area contributed by atoms with Crippen molar-refractivity contribution in [2.75, 3.05) is 29.0 Å². The molecule has 0 aliphatic heterocycles. The molecule has 2 aromatic rings. The molecule has 0 radical (unpaired) electrons. The lowest BCUT2D eigenvalue weighted by atomic mass is 10.1. The molecule has 0 aliphatic carbocycles. The van der Waals surface area contributed by atoms with Crippen LogP contribution in [0.2, 0.25) is 0 Å². The van der Waals surface area contributed by atoms with Crippen LogP contribution in [0, 0.1) is 0 Å². The normalized spacial score (nSPS) is 10.6. The van der Waals surface area contributed by atoms with Crippen molar-refractivity contribution in [3.05, 3.63) is 48.0 Å². The van der Waals surface area contributed by atoms with E-state index in [0.717, 1.165) is 18.8 Å². The highest BCUT2D eigenvalue weighted by atomic mass is 16.5. The first kappa shape index (κ1) is 18.6. The number of hydrogen-bond donors (Lipinski definition) is 2. The lowest BCUT2D eigenvalue weighted by Gasteiger charge is -2.24. The number of rotatable bonds is 7. The Morgan fingerprint density at radius 2 is 1.88 bits per heavy atom. The zero-order chi connectivity index (χ0) is 18.4. The minimum Gasteiger partial charge on any atom is -0.491 e. The number of benzene rings is 2. The fourth-order valence-corrected chi connectivity index (χ4v) is 2.67. The van der Waals surface area contributed by atoms with E-state index in [4.69, 9.17) is 10.5 Å². The average Bonchev–Trinajstić information content (AvgIpc) is 2.57. The molecule has 5 heteroatoms. The van der Waals surface area contributed by atoms with Crippen LogP contribution >= 0.6 is 0 Å². The number of nitrogens with two attached hydrogens (primary N) is 1. The molecule has 0 aromatic heterocycles. The van der Waals surface area contributed by atoms with Gasteiger partial charge in [-0.1, -0.05) is 6.07 Å².